The van der Waals surface area contributed by atoms with E-state index in [0.29, 0.717) is 19.6 Å². The zero-order chi connectivity index (χ0) is 27.1. The van der Waals surface area contributed by atoms with Crippen molar-refractivity contribution in [3.8, 4) is 0 Å². The molecule has 3 aromatic rings. The summed E-state index contributed by atoms with van der Waals surface area (Å²) < 4.78 is 5.23. The number of benzene rings is 3. The monoisotopic (exact) mass is 524 g/mol. The van der Waals surface area contributed by atoms with Crippen LogP contribution in [0.2, 0.25) is 0 Å². The van der Waals surface area contributed by atoms with Crippen LogP contribution in [0, 0.1) is 5.92 Å². The van der Waals surface area contributed by atoms with Gasteiger partial charge >= 0.3 is 5.97 Å². The number of hydrogen-bond donors (Lipinski definition) is 1. The van der Waals surface area contributed by atoms with Crippen LogP contribution in [0.1, 0.15) is 42.9 Å². The second kappa shape index (κ2) is 12.7. The summed E-state index contributed by atoms with van der Waals surface area (Å²) in [5.74, 6) is -0.0548. The molecule has 5 heteroatoms. The van der Waals surface area contributed by atoms with E-state index in [1.807, 2.05) is 6.92 Å². The number of carbonyl (C=O) groups excluding carboxylic acids is 1. The minimum Gasteiger partial charge on any atom is -0.466 e. The Bertz CT molecular complexity index is 1120. The number of aliphatic hydroxyl groups excluding tert-OH is 1. The first-order valence-electron chi connectivity index (χ1n) is 14.3. The van der Waals surface area contributed by atoms with Crippen LogP contribution in [0.4, 0.5) is 0 Å². The first-order valence-corrected chi connectivity index (χ1v) is 14.3. The summed E-state index contributed by atoms with van der Waals surface area (Å²) in [6, 6.07) is 32.3. The Morgan fingerprint density at radius 3 is 1.85 bits per heavy atom. The number of nitrogens with zero attached hydrogens (tertiary/aromatic N) is 2. The molecule has 0 bridgehead atoms. The number of piperidine rings is 2. The molecule has 0 saturated carbocycles. The Hall–Kier alpha value is -3.25. The van der Waals surface area contributed by atoms with Gasteiger partial charge in [0.2, 0.25) is 0 Å². The number of aliphatic hydroxyl groups is 1. The maximum Gasteiger partial charge on any atom is 0.309 e. The first kappa shape index (κ1) is 27.3. The van der Waals surface area contributed by atoms with Crippen molar-refractivity contribution in [3.63, 3.8) is 0 Å². The SMILES string of the molecule is CCOC(=O)C1CCN(C/C=C2/CN(C(c3ccccc3)(c3ccccc3)c3ccccc3)CCC2O)CC1. The van der Waals surface area contributed by atoms with Crippen LogP contribution in [0.25, 0.3) is 0 Å². The quantitative estimate of drug-likeness (QED) is 0.248. The average molecular weight is 525 g/mol. The van der Waals surface area contributed by atoms with E-state index < -0.39 is 11.6 Å². The highest BCUT2D eigenvalue weighted by molar-refractivity contribution is 5.72. The van der Waals surface area contributed by atoms with E-state index in [9.17, 15) is 9.90 Å². The minimum absolute atomic E-state index is 0.00727. The third-order valence-corrected chi connectivity index (χ3v) is 8.34. The van der Waals surface area contributed by atoms with Crippen LogP contribution in [0.5, 0.6) is 0 Å². The highest BCUT2D eigenvalue weighted by Gasteiger charge is 2.44. The van der Waals surface area contributed by atoms with E-state index >= 15 is 0 Å². The summed E-state index contributed by atoms with van der Waals surface area (Å²) >= 11 is 0. The fraction of sp³-hybridized carbons (Fsp3) is 0.382. The number of esters is 1. The highest BCUT2D eigenvalue weighted by atomic mass is 16.5. The number of carbonyl (C=O) groups is 1. The molecule has 1 unspecified atom stereocenters. The first-order chi connectivity index (χ1) is 19.1. The molecular formula is C34H40N2O3. The summed E-state index contributed by atoms with van der Waals surface area (Å²) in [6.07, 6.45) is 4.13. The van der Waals surface area contributed by atoms with Gasteiger partial charge in [-0.25, -0.2) is 0 Å². The van der Waals surface area contributed by atoms with Gasteiger partial charge in [0.1, 0.15) is 0 Å². The van der Waals surface area contributed by atoms with Gasteiger partial charge in [-0.1, -0.05) is 97.1 Å². The molecule has 5 rings (SSSR count). The molecule has 0 spiro atoms. The van der Waals surface area contributed by atoms with E-state index in [1.54, 1.807) is 0 Å². The molecule has 2 fully saturated rings. The second-order valence-corrected chi connectivity index (χ2v) is 10.6. The number of hydrogen-bond acceptors (Lipinski definition) is 5. The van der Waals surface area contributed by atoms with Crippen LogP contribution in [0.3, 0.4) is 0 Å². The Kier molecular flexibility index (Phi) is 8.92. The molecule has 1 N–H and O–H groups in total. The Morgan fingerprint density at radius 2 is 1.36 bits per heavy atom. The van der Waals surface area contributed by atoms with Crippen LogP contribution >= 0.6 is 0 Å². The molecule has 204 valence electrons. The molecular weight excluding hydrogens is 484 g/mol. The van der Waals surface area contributed by atoms with Crippen molar-refractivity contribution in [2.24, 2.45) is 5.92 Å². The minimum atomic E-state index is -0.485. The molecule has 2 saturated heterocycles. The van der Waals surface area contributed by atoms with Gasteiger partial charge in [-0.05, 0) is 61.5 Å². The van der Waals surface area contributed by atoms with E-state index in [-0.39, 0.29) is 11.9 Å². The van der Waals surface area contributed by atoms with Gasteiger partial charge in [-0.2, -0.15) is 0 Å². The lowest BCUT2D eigenvalue weighted by Crippen LogP contribution is -2.53. The van der Waals surface area contributed by atoms with Gasteiger partial charge in [-0.3, -0.25) is 14.6 Å². The maximum atomic E-state index is 12.1. The van der Waals surface area contributed by atoms with Crippen molar-refractivity contribution < 1.29 is 14.6 Å². The standard InChI is InChI=1S/C34H40N2O3/c1-2-39-33(38)27-18-22-35(23-19-27)24-20-28-26-36(25-21-32(28)37)34(29-12-6-3-7-13-29,30-14-8-4-9-15-30)31-16-10-5-11-17-31/h3-17,20,27,32,37H,2,18-19,21-26H2,1H3/b28-20-. The summed E-state index contributed by atoms with van der Waals surface area (Å²) in [7, 11) is 0. The molecule has 2 heterocycles. The van der Waals surface area contributed by atoms with Gasteiger partial charge in [0.15, 0.2) is 0 Å². The fourth-order valence-electron chi connectivity index (χ4n) is 6.30. The van der Waals surface area contributed by atoms with Gasteiger partial charge in [0.25, 0.3) is 0 Å². The number of rotatable bonds is 8. The lowest BCUT2D eigenvalue weighted by Gasteiger charge is -2.48. The zero-order valence-corrected chi connectivity index (χ0v) is 22.9. The van der Waals surface area contributed by atoms with Crippen molar-refractivity contribution in [2.45, 2.75) is 37.8 Å². The van der Waals surface area contributed by atoms with E-state index in [4.69, 9.17) is 4.74 Å². The van der Waals surface area contributed by atoms with E-state index in [0.717, 1.165) is 44.6 Å². The van der Waals surface area contributed by atoms with E-state index in [1.165, 1.54) is 16.7 Å². The average Bonchev–Trinajstić information content (AvgIpc) is 3.00. The van der Waals surface area contributed by atoms with Crippen LogP contribution in [-0.2, 0) is 15.1 Å². The third-order valence-electron chi connectivity index (χ3n) is 8.34. The summed E-state index contributed by atoms with van der Waals surface area (Å²) in [5.41, 5.74) is 4.25. The van der Waals surface area contributed by atoms with Gasteiger partial charge in [0.05, 0.1) is 24.2 Å². The van der Waals surface area contributed by atoms with Gasteiger partial charge < -0.3 is 9.84 Å². The molecule has 2 aliphatic rings. The molecule has 0 aromatic heterocycles. The number of ether oxygens (including phenoxy) is 1. The fourth-order valence-corrected chi connectivity index (χ4v) is 6.30. The smallest absolute Gasteiger partial charge is 0.309 e. The summed E-state index contributed by atoms with van der Waals surface area (Å²) in [6.45, 7) is 6.28. The van der Waals surface area contributed by atoms with Crippen LogP contribution < -0.4 is 0 Å². The zero-order valence-electron chi connectivity index (χ0n) is 22.9. The molecule has 5 nitrogen and oxygen atoms in total. The van der Waals surface area contributed by atoms with Crippen molar-refractivity contribution in [1.82, 2.24) is 9.80 Å². The van der Waals surface area contributed by atoms with Crippen LogP contribution in [0.15, 0.2) is 103 Å². The van der Waals surface area contributed by atoms with Crippen molar-refractivity contribution in [3.05, 3.63) is 119 Å². The normalized spacial score (nSPS) is 20.7. The molecule has 2 aliphatic heterocycles. The highest BCUT2D eigenvalue weighted by Crippen LogP contribution is 2.44. The predicted octanol–water partition coefficient (Wildman–Crippen LogP) is 5.25. The maximum absolute atomic E-state index is 12.1. The molecule has 0 aliphatic carbocycles. The van der Waals surface area contributed by atoms with Crippen molar-refractivity contribution in [2.75, 3.05) is 39.3 Å². The molecule has 0 radical (unpaired) electrons. The van der Waals surface area contributed by atoms with Crippen LogP contribution in [-0.4, -0.2) is 66.3 Å². The second-order valence-electron chi connectivity index (χ2n) is 10.6. The molecule has 39 heavy (non-hydrogen) atoms. The molecule has 1 atom stereocenters. The Labute approximate surface area is 232 Å². The lowest BCUT2D eigenvalue weighted by molar-refractivity contribution is -0.149. The van der Waals surface area contributed by atoms with Crippen molar-refractivity contribution >= 4 is 5.97 Å². The largest absolute Gasteiger partial charge is 0.466 e. The lowest BCUT2D eigenvalue weighted by atomic mass is 9.74. The predicted molar refractivity (Wildman–Crippen MR) is 155 cm³/mol. The Morgan fingerprint density at radius 1 is 0.846 bits per heavy atom. The van der Waals surface area contributed by atoms with Crippen molar-refractivity contribution in [1.29, 1.82) is 0 Å². The molecule has 0 amide bonds. The topological polar surface area (TPSA) is 53.0 Å². The molecule has 3 aromatic carbocycles. The summed E-state index contributed by atoms with van der Waals surface area (Å²) in [5, 5.41) is 11.1. The third kappa shape index (κ3) is 5.86. The van der Waals surface area contributed by atoms with Gasteiger partial charge in [-0.15, -0.1) is 0 Å². The van der Waals surface area contributed by atoms with Gasteiger partial charge in [0, 0.05) is 19.6 Å². The Balaban J connectivity index is 1.44. The number of likely N-dealkylation sites (tertiary alicyclic amines) is 2. The summed E-state index contributed by atoms with van der Waals surface area (Å²) in [4.78, 5) is 17.1. The van der Waals surface area contributed by atoms with E-state index in [2.05, 4.69) is 107 Å².